The molecule has 122 valence electrons. The molecule has 0 saturated carbocycles. The predicted molar refractivity (Wildman–Crippen MR) is 89.4 cm³/mol. The Labute approximate surface area is 142 Å². The molecule has 6 nitrogen and oxygen atoms in total. The van der Waals surface area contributed by atoms with Crippen LogP contribution in [0.3, 0.4) is 0 Å². The zero-order valence-electron chi connectivity index (χ0n) is 12.6. The van der Waals surface area contributed by atoms with Crippen LogP contribution in [0.2, 0.25) is 5.02 Å². The monoisotopic (exact) mass is 343 g/mol. The number of halogens is 1. The fraction of sp³-hybridized carbons (Fsp3) is 0.118. The largest absolute Gasteiger partial charge is 0.441 e. The molecule has 0 bridgehead atoms. The maximum absolute atomic E-state index is 11.9. The molecule has 2 aromatic carbocycles. The molecule has 0 radical (unpaired) electrons. The zero-order valence-corrected chi connectivity index (χ0v) is 13.3. The van der Waals surface area contributed by atoms with E-state index in [1.165, 1.54) is 0 Å². The van der Waals surface area contributed by atoms with Crippen molar-refractivity contribution in [2.75, 3.05) is 0 Å². The Hall–Kier alpha value is -2.86. The first-order chi connectivity index (χ1) is 11.6. The smallest absolute Gasteiger partial charge is 0.271 e. The molecule has 0 unspecified atom stereocenters. The van der Waals surface area contributed by atoms with Gasteiger partial charge in [0.15, 0.2) is 11.5 Å². The lowest BCUT2D eigenvalue weighted by Gasteiger charge is -2.07. The van der Waals surface area contributed by atoms with E-state index in [1.807, 2.05) is 24.3 Å². The normalized spacial score (nSPS) is 10.5. The Morgan fingerprint density at radius 2 is 1.79 bits per heavy atom. The Balaban J connectivity index is 1.51. The van der Waals surface area contributed by atoms with Gasteiger partial charge >= 0.3 is 0 Å². The van der Waals surface area contributed by atoms with Crippen molar-refractivity contribution in [2.45, 2.75) is 12.8 Å². The van der Waals surface area contributed by atoms with Crippen molar-refractivity contribution < 1.29 is 14.0 Å². The summed E-state index contributed by atoms with van der Waals surface area (Å²) >= 11 is 5.92. The maximum Gasteiger partial charge on any atom is 0.271 e. The molecule has 0 aliphatic heterocycles. The summed E-state index contributed by atoms with van der Waals surface area (Å²) in [5.41, 5.74) is 6.39. The first-order valence-electron chi connectivity index (χ1n) is 7.31. The highest BCUT2D eigenvalue weighted by atomic mass is 35.5. The van der Waals surface area contributed by atoms with Gasteiger partial charge in [0.2, 0.25) is 5.91 Å². The highest BCUT2D eigenvalue weighted by Crippen LogP contribution is 2.16. The summed E-state index contributed by atoms with van der Waals surface area (Å²) in [6.45, 7) is 0. The third kappa shape index (κ3) is 3.72. The molecule has 2 N–H and O–H groups in total. The number of hydrogen-bond donors (Lipinski definition) is 2. The quantitative estimate of drug-likeness (QED) is 0.713. The lowest BCUT2D eigenvalue weighted by atomic mass is 10.2. The minimum atomic E-state index is -0.476. The van der Waals surface area contributed by atoms with E-state index >= 15 is 0 Å². The van der Waals surface area contributed by atoms with Gasteiger partial charge in [0.25, 0.3) is 5.91 Å². The lowest BCUT2D eigenvalue weighted by Crippen LogP contribution is -2.41. The molecule has 1 heterocycles. The van der Waals surface area contributed by atoms with E-state index in [-0.39, 0.29) is 12.3 Å². The van der Waals surface area contributed by atoms with Crippen LogP contribution in [-0.4, -0.2) is 16.8 Å². The zero-order chi connectivity index (χ0) is 16.9. The molecule has 0 saturated heterocycles. The maximum atomic E-state index is 11.9. The van der Waals surface area contributed by atoms with Gasteiger partial charge in [-0.25, -0.2) is 4.98 Å². The van der Waals surface area contributed by atoms with Gasteiger partial charge in [-0.2, -0.15) is 0 Å². The number of oxazole rings is 1. The van der Waals surface area contributed by atoms with Crippen LogP contribution in [0.5, 0.6) is 0 Å². The van der Waals surface area contributed by atoms with Crippen LogP contribution in [0.4, 0.5) is 0 Å². The van der Waals surface area contributed by atoms with Crippen molar-refractivity contribution in [1.29, 1.82) is 0 Å². The number of fused-ring (bicyclic) bond motifs is 1. The first-order valence-corrected chi connectivity index (χ1v) is 7.69. The lowest BCUT2D eigenvalue weighted by molar-refractivity contribution is -0.121. The van der Waals surface area contributed by atoms with Gasteiger partial charge in [-0.15, -0.1) is 0 Å². The second-order valence-electron chi connectivity index (χ2n) is 5.06. The number of amides is 2. The van der Waals surface area contributed by atoms with Crippen molar-refractivity contribution in [3.05, 3.63) is 65.0 Å². The van der Waals surface area contributed by atoms with Crippen LogP contribution < -0.4 is 10.9 Å². The Bertz CT molecular complexity index is 858. The summed E-state index contributed by atoms with van der Waals surface area (Å²) in [5.74, 6) is -0.350. The molecular formula is C17H14ClN3O3. The molecule has 0 atom stereocenters. The van der Waals surface area contributed by atoms with Crippen molar-refractivity contribution in [2.24, 2.45) is 0 Å². The Morgan fingerprint density at radius 1 is 1.04 bits per heavy atom. The minimum Gasteiger partial charge on any atom is -0.441 e. The summed E-state index contributed by atoms with van der Waals surface area (Å²) in [6, 6.07) is 14.0. The van der Waals surface area contributed by atoms with Crippen LogP contribution in [0.25, 0.3) is 11.1 Å². The number of benzene rings is 2. The van der Waals surface area contributed by atoms with Crippen LogP contribution in [0.1, 0.15) is 22.7 Å². The van der Waals surface area contributed by atoms with Crippen LogP contribution >= 0.6 is 11.6 Å². The van der Waals surface area contributed by atoms with E-state index in [0.29, 0.717) is 28.5 Å². The van der Waals surface area contributed by atoms with Crippen molar-refractivity contribution >= 4 is 34.5 Å². The fourth-order valence-corrected chi connectivity index (χ4v) is 2.37. The van der Waals surface area contributed by atoms with Crippen molar-refractivity contribution in [3.63, 3.8) is 0 Å². The summed E-state index contributed by atoms with van der Waals surface area (Å²) in [5, 5.41) is 0.315. The van der Waals surface area contributed by atoms with Gasteiger partial charge in [0.1, 0.15) is 5.52 Å². The number of para-hydroxylation sites is 2. The molecule has 0 aliphatic carbocycles. The van der Waals surface area contributed by atoms with Gasteiger partial charge in [-0.05, 0) is 24.3 Å². The third-order valence-corrected chi connectivity index (χ3v) is 3.67. The molecule has 3 aromatic rings. The van der Waals surface area contributed by atoms with Crippen LogP contribution in [0, 0.1) is 0 Å². The number of hydrazine groups is 1. The number of rotatable bonds is 4. The summed E-state index contributed by atoms with van der Waals surface area (Å²) in [7, 11) is 0. The predicted octanol–water partition coefficient (Wildman–Crippen LogP) is 2.88. The first kappa shape index (κ1) is 16.0. The van der Waals surface area contributed by atoms with Crippen LogP contribution in [-0.2, 0) is 11.2 Å². The molecular weight excluding hydrogens is 330 g/mol. The van der Waals surface area contributed by atoms with E-state index in [1.54, 1.807) is 24.3 Å². The number of nitrogens with one attached hydrogen (secondary N) is 2. The SMILES string of the molecule is O=C(CCc1nc2ccccc2o1)NNC(=O)c1ccccc1Cl. The molecule has 0 spiro atoms. The van der Waals surface area contributed by atoms with E-state index < -0.39 is 5.91 Å². The molecule has 24 heavy (non-hydrogen) atoms. The van der Waals surface area contributed by atoms with Crippen LogP contribution in [0.15, 0.2) is 52.9 Å². The standard InChI is InChI=1S/C17H14ClN3O3/c18-12-6-2-1-5-11(12)17(23)21-20-15(22)9-10-16-19-13-7-3-4-8-14(13)24-16/h1-8H,9-10H2,(H,20,22)(H,21,23). The van der Waals surface area contributed by atoms with Gasteiger partial charge < -0.3 is 4.42 Å². The van der Waals surface area contributed by atoms with E-state index in [4.69, 9.17) is 16.0 Å². The third-order valence-electron chi connectivity index (χ3n) is 3.34. The summed E-state index contributed by atoms with van der Waals surface area (Å²) in [6.07, 6.45) is 0.470. The second-order valence-corrected chi connectivity index (χ2v) is 5.46. The molecule has 1 aromatic heterocycles. The van der Waals surface area contributed by atoms with Gasteiger partial charge in [-0.3, -0.25) is 20.4 Å². The number of hydrogen-bond acceptors (Lipinski definition) is 4. The van der Waals surface area contributed by atoms with E-state index in [9.17, 15) is 9.59 Å². The minimum absolute atomic E-state index is 0.135. The number of aryl methyl sites for hydroxylation is 1. The molecule has 0 aliphatic rings. The molecule has 3 rings (SSSR count). The molecule has 2 amide bonds. The second kappa shape index (κ2) is 7.14. The van der Waals surface area contributed by atoms with Gasteiger partial charge in [0.05, 0.1) is 10.6 Å². The highest BCUT2D eigenvalue weighted by Gasteiger charge is 2.12. The van der Waals surface area contributed by atoms with Gasteiger partial charge in [0, 0.05) is 12.8 Å². The average Bonchev–Trinajstić information content (AvgIpc) is 3.01. The summed E-state index contributed by atoms with van der Waals surface area (Å²) < 4.78 is 5.53. The average molecular weight is 344 g/mol. The van der Waals surface area contributed by atoms with E-state index in [2.05, 4.69) is 15.8 Å². The van der Waals surface area contributed by atoms with Crippen molar-refractivity contribution in [1.82, 2.24) is 15.8 Å². The van der Waals surface area contributed by atoms with Crippen molar-refractivity contribution in [3.8, 4) is 0 Å². The fourth-order valence-electron chi connectivity index (χ4n) is 2.15. The molecule has 7 heteroatoms. The number of aromatic nitrogens is 1. The van der Waals surface area contributed by atoms with Gasteiger partial charge in [-0.1, -0.05) is 35.9 Å². The topological polar surface area (TPSA) is 84.2 Å². The Kier molecular flexibility index (Phi) is 4.77. The Morgan fingerprint density at radius 3 is 2.58 bits per heavy atom. The highest BCUT2D eigenvalue weighted by molar-refractivity contribution is 6.33. The summed E-state index contributed by atoms with van der Waals surface area (Å²) in [4.78, 5) is 28.0. The molecule has 0 fully saturated rings. The number of carbonyl (C=O) groups excluding carboxylic acids is 2. The number of nitrogens with zero attached hydrogens (tertiary/aromatic N) is 1. The van der Waals surface area contributed by atoms with E-state index in [0.717, 1.165) is 5.52 Å². The number of carbonyl (C=O) groups is 2.